The Hall–Kier alpha value is -0.860. The van der Waals surface area contributed by atoms with Crippen molar-refractivity contribution in [3.05, 3.63) is 12.7 Å². The molecule has 0 atom stereocenters. The Morgan fingerprint density at radius 1 is 0.900 bits per heavy atom. The molecule has 0 unspecified atom stereocenters. The molecule has 3 nitrogen and oxygen atoms in total. The smallest absolute Gasteiger partial charge is 0.137 e. The monoisotopic (exact) mass is 279 g/mol. The third-order valence-electron chi connectivity index (χ3n) is 4.28. The SMILES string of the molecule is CCCCCCC(C)(CCCCCC)Cn1cncn1. The largest absolute Gasteiger partial charge is 0.252 e. The van der Waals surface area contributed by atoms with Crippen molar-refractivity contribution in [2.24, 2.45) is 5.41 Å². The topological polar surface area (TPSA) is 30.7 Å². The zero-order valence-electron chi connectivity index (χ0n) is 13.8. The number of unbranched alkanes of at least 4 members (excludes halogenated alkanes) is 6. The summed E-state index contributed by atoms with van der Waals surface area (Å²) in [6.45, 7) is 8.01. The highest BCUT2D eigenvalue weighted by molar-refractivity contribution is 4.75. The zero-order valence-corrected chi connectivity index (χ0v) is 13.8. The van der Waals surface area contributed by atoms with Crippen LogP contribution in [0.2, 0.25) is 0 Å². The number of hydrogen-bond acceptors (Lipinski definition) is 2. The van der Waals surface area contributed by atoms with Gasteiger partial charge in [-0.2, -0.15) is 5.10 Å². The third kappa shape index (κ3) is 7.06. The molecule has 0 spiro atoms. The highest BCUT2D eigenvalue weighted by atomic mass is 15.3. The van der Waals surface area contributed by atoms with Gasteiger partial charge in [0.1, 0.15) is 12.7 Å². The fourth-order valence-corrected chi connectivity index (χ4v) is 2.95. The van der Waals surface area contributed by atoms with Crippen LogP contribution >= 0.6 is 0 Å². The van der Waals surface area contributed by atoms with Crippen LogP contribution in [0.1, 0.15) is 85.0 Å². The normalized spacial score (nSPS) is 11.9. The van der Waals surface area contributed by atoms with Gasteiger partial charge in [0.2, 0.25) is 0 Å². The van der Waals surface area contributed by atoms with Gasteiger partial charge < -0.3 is 0 Å². The maximum absolute atomic E-state index is 4.30. The summed E-state index contributed by atoms with van der Waals surface area (Å²) >= 11 is 0. The number of aromatic nitrogens is 3. The van der Waals surface area contributed by atoms with Gasteiger partial charge in [0.05, 0.1) is 0 Å². The van der Waals surface area contributed by atoms with Crippen molar-refractivity contribution in [2.45, 2.75) is 91.5 Å². The van der Waals surface area contributed by atoms with E-state index in [2.05, 4.69) is 30.9 Å². The molecule has 0 amide bonds. The van der Waals surface area contributed by atoms with Crippen LogP contribution < -0.4 is 0 Å². The van der Waals surface area contributed by atoms with Gasteiger partial charge in [-0.05, 0) is 18.3 Å². The second-order valence-corrected chi connectivity index (χ2v) is 6.53. The van der Waals surface area contributed by atoms with Gasteiger partial charge in [-0.15, -0.1) is 0 Å². The number of rotatable bonds is 12. The van der Waals surface area contributed by atoms with Crippen molar-refractivity contribution in [3.8, 4) is 0 Å². The summed E-state index contributed by atoms with van der Waals surface area (Å²) in [5.74, 6) is 0. The van der Waals surface area contributed by atoms with Gasteiger partial charge in [-0.3, -0.25) is 4.68 Å². The molecule has 0 aromatic carbocycles. The number of nitrogens with zero attached hydrogens (tertiary/aromatic N) is 3. The first kappa shape index (κ1) is 17.2. The summed E-state index contributed by atoms with van der Waals surface area (Å²) in [6, 6.07) is 0. The molecule has 0 saturated heterocycles. The predicted octanol–water partition coefficient (Wildman–Crippen LogP) is 5.23. The fourth-order valence-electron chi connectivity index (χ4n) is 2.95. The summed E-state index contributed by atoms with van der Waals surface area (Å²) in [5, 5.41) is 4.30. The molecule has 0 saturated carbocycles. The Kier molecular flexibility index (Phi) is 8.56. The summed E-state index contributed by atoms with van der Waals surface area (Å²) in [5.41, 5.74) is 0.384. The quantitative estimate of drug-likeness (QED) is 0.491. The van der Waals surface area contributed by atoms with Crippen LogP contribution in [0, 0.1) is 5.41 Å². The molecule has 3 heteroatoms. The highest BCUT2D eigenvalue weighted by Crippen LogP contribution is 2.33. The molecular weight excluding hydrogens is 246 g/mol. The minimum Gasteiger partial charge on any atom is -0.252 e. The van der Waals surface area contributed by atoms with Gasteiger partial charge >= 0.3 is 0 Å². The summed E-state index contributed by atoms with van der Waals surface area (Å²) in [7, 11) is 0. The maximum Gasteiger partial charge on any atom is 0.137 e. The lowest BCUT2D eigenvalue weighted by atomic mass is 9.79. The second-order valence-electron chi connectivity index (χ2n) is 6.53. The molecule has 1 aromatic rings. The van der Waals surface area contributed by atoms with E-state index < -0.39 is 0 Å². The fraction of sp³-hybridized carbons (Fsp3) is 0.882. The first-order valence-corrected chi connectivity index (χ1v) is 8.52. The van der Waals surface area contributed by atoms with Gasteiger partial charge in [-0.25, -0.2) is 4.98 Å². The van der Waals surface area contributed by atoms with Crippen LogP contribution in [0.25, 0.3) is 0 Å². The van der Waals surface area contributed by atoms with E-state index in [4.69, 9.17) is 0 Å². The minimum absolute atomic E-state index is 0.384. The van der Waals surface area contributed by atoms with Gasteiger partial charge in [-0.1, -0.05) is 72.1 Å². The Morgan fingerprint density at radius 2 is 1.50 bits per heavy atom. The van der Waals surface area contributed by atoms with Gasteiger partial charge in [0.25, 0.3) is 0 Å². The van der Waals surface area contributed by atoms with E-state index in [0.29, 0.717) is 5.41 Å². The lowest BCUT2D eigenvalue weighted by molar-refractivity contribution is 0.203. The van der Waals surface area contributed by atoms with Crippen molar-refractivity contribution < 1.29 is 0 Å². The van der Waals surface area contributed by atoms with Crippen LogP contribution in [-0.4, -0.2) is 14.8 Å². The molecule has 0 fully saturated rings. The Bertz CT molecular complexity index is 307. The minimum atomic E-state index is 0.384. The predicted molar refractivity (Wildman–Crippen MR) is 85.6 cm³/mol. The highest BCUT2D eigenvalue weighted by Gasteiger charge is 2.24. The standard InChI is InChI=1S/C17H33N3/c1-4-6-8-10-12-17(3,13-11-9-7-5-2)14-20-16-18-15-19-20/h15-16H,4-14H2,1-3H3. The molecule has 0 bridgehead atoms. The first-order valence-electron chi connectivity index (χ1n) is 8.52. The molecule has 0 aliphatic heterocycles. The average molecular weight is 279 g/mol. The van der Waals surface area contributed by atoms with Crippen molar-refractivity contribution in [2.75, 3.05) is 0 Å². The first-order chi connectivity index (χ1) is 9.70. The van der Waals surface area contributed by atoms with E-state index in [1.807, 2.05) is 11.0 Å². The summed E-state index contributed by atoms with van der Waals surface area (Å²) in [4.78, 5) is 4.08. The van der Waals surface area contributed by atoms with E-state index in [-0.39, 0.29) is 0 Å². The molecule has 0 N–H and O–H groups in total. The zero-order chi connectivity index (χ0) is 14.7. The molecule has 0 aliphatic carbocycles. The average Bonchev–Trinajstić information content (AvgIpc) is 2.93. The molecule has 1 aromatic heterocycles. The Labute approximate surface area is 125 Å². The maximum atomic E-state index is 4.30. The molecule has 1 heterocycles. The van der Waals surface area contributed by atoms with Crippen molar-refractivity contribution in [1.29, 1.82) is 0 Å². The number of hydrogen-bond donors (Lipinski definition) is 0. The summed E-state index contributed by atoms with van der Waals surface area (Å²) in [6.07, 6.45) is 17.0. The van der Waals surface area contributed by atoms with Crippen molar-refractivity contribution in [1.82, 2.24) is 14.8 Å². The Balaban J connectivity index is 2.43. The lowest BCUT2D eigenvalue weighted by Gasteiger charge is -2.29. The van der Waals surface area contributed by atoms with Crippen LogP contribution in [0.3, 0.4) is 0 Å². The van der Waals surface area contributed by atoms with Crippen LogP contribution in [0.5, 0.6) is 0 Å². The molecule has 116 valence electrons. The van der Waals surface area contributed by atoms with Crippen LogP contribution in [0.15, 0.2) is 12.7 Å². The van der Waals surface area contributed by atoms with E-state index in [9.17, 15) is 0 Å². The van der Waals surface area contributed by atoms with Gasteiger partial charge in [0, 0.05) is 6.54 Å². The molecule has 0 radical (unpaired) electrons. The summed E-state index contributed by atoms with van der Waals surface area (Å²) < 4.78 is 2.01. The molecular formula is C17H33N3. The van der Waals surface area contributed by atoms with Gasteiger partial charge in [0.15, 0.2) is 0 Å². The van der Waals surface area contributed by atoms with Crippen LogP contribution in [0.4, 0.5) is 0 Å². The van der Waals surface area contributed by atoms with E-state index >= 15 is 0 Å². The van der Waals surface area contributed by atoms with Crippen molar-refractivity contribution in [3.63, 3.8) is 0 Å². The van der Waals surface area contributed by atoms with E-state index in [0.717, 1.165) is 6.54 Å². The van der Waals surface area contributed by atoms with E-state index in [1.165, 1.54) is 64.2 Å². The molecule has 0 aliphatic rings. The molecule has 20 heavy (non-hydrogen) atoms. The molecule has 1 rings (SSSR count). The van der Waals surface area contributed by atoms with Crippen molar-refractivity contribution >= 4 is 0 Å². The Morgan fingerprint density at radius 3 is 1.95 bits per heavy atom. The van der Waals surface area contributed by atoms with Crippen LogP contribution in [-0.2, 0) is 6.54 Å². The van der Waals surface area contributed by atoms with E-state index in [1.54, 1.807) is 6.33 Å². The third-order valence-corrected chi connectivity index (χ3v) is 4.28. The second kappa shape index (κ2) is 9.95. The lowest BCUT2D eigenvalue weighted by Crippen LogP contribution is -2.24.